The lowest BCUT2D eigenvalue weighted by atomic mass is 10.1. The van der Waals surface area contributed by atoms with Crippen molar-refractivity contribution in [1.29, 1.82) is 0 Å². The summed E-state index contributed by atoms with van der Waals surface area (Å²) in [5, 5.41) is 4.21. The van der Waals surface area contributed by atoms with Crippen molar-refractivity contribution in [2.24, 2.45) is 7.05 Å². The molecule has 1 aliphatic rings. The molecule has 2 N–H and O–H groups in total. The van der Waals surface area contributed by atoms with Crippen LogP contribution in [0.25, 0.3) is 0 Å². The SMILES string of the molecule is CCN1CCN(C(=O)c2c(N)c(C)nn2C)CC1C. The molecule has 1 amide bonds. The highest BCUT2D eigenvalue weighted by Gasteiger charge is 2.29. The normalized spacial score (nSPS) is 20.8. The van der Waals surface area contributed by atoms with Crippen LogP contribution in [0.15, 0.2) is 0 Å². The van der Waals surface area contributed by atoms with E-state index in [1.54, 1.807) is 11.7 Å². The van der Waals surface area contributed by atoms with Crippen LogP contribution >= 0.6 is 0 Å². The maximum atomic E-state index is 12.6. The molecule has 2 heterocycles. The molecule has 106 valence electrons. The highest BCUT2D eigenvalue weighted by Crippen LogP contribution is 2.19. The van der Waals surface area contributed by atoms with Crippen LogP contribution in [0.1, 0.15) is 30.0 Å². The smallest absolute Gasteiger partial charge is 0.274 e. The molecule has 1 aromatic rings. The number of nitrogen functional groups attached to an aromatic ring is 1. The molecule has 1 aliphatic heterocycles. The number of rotatable bonds is 2. The fourth-order valence-electron chi connectivity index (χ4n) is 2.73. The molecule has 0 aromatic carbocycles. The van der Waals surface area contributed by atoms with Crippen LogP contribution < -0.4 is 5.73 Å². The Kier molecular flexibility index (Phi) is 3.80. The predicted molar refractivity (Wildman–Crippen MR) is 75.0 cm³/mol. The molecular formula is C13H23N5O. The quantitative estimate of drug-likeness (QED) is 0.844. The number of likely N-dealkylation sites (N-methyl/N-ethyl adjacent to an activating group) is 1. The van der Waals surface area contributed by atoms with Crippen LogP contribution in [-0.2, 0) is 7.05 Å². The summed E-state index contributed by atoms with van der Waals surface area (Å²) in [6.45, 7) is 9.56. The summed E-state index contributed by atoms with van der Waals surface area (Å²) in [5.41, 5.74) is 7.68. The molecule has 1 aromatic heterocycles. The highest BCUT2D eigenvalue weighted by atomic mass is 16.2. The van der Waals surface area contributed by atoms with Gasteiger partial charge in [0.15, 0.2) is 0 Å². The molecule has 0 bridgehead atoms. The van der Waals surface area contributed by atoms with Crippen LogP contribution in [0.2, 0.25) is 0 Å². The minimum absolute atomic E-state index is 0.0109. The average molecular weight is 265 g/mol. The highest BCUT2D eigenvalue weighted by molar-refractivity contribution is 5.98. The average Bonchev–Trinajstić information content (AvgIpc) is 2.62. The third-order valence-electron chi connectivity index (χ3n) is 3.93. The zero-order valence-corrected chi connectivity index (χ0v) is 12.2. The van der Waals surface area contributed by atoms with Gasteiger partial charge >= 0.3 is 0 Å². The van der Waals surface area contributed by atoms with E-state index < -0.39 is 0 Å². The number of anilines is 1. The lowest BCUT2D eigenvalue weighted by Gasteiger charge is -2.39. The maximum absolute atomic E-state index is 12.6. The van der Waals surface area contributed by atoms with E-state index in [2.05, 4.69) is 23.8 Å². The Balaban J connectivity index is 2.17. The fourth-order valence-corrected chi connectivity index (χ4v) is 2.73. The van der Waals surface area contributed by atoms with E-state index in [9.17, 15) is 4.79 Å². The molecule has 0 aliphatic carbocycles. The summed E-state index contributed by atoms with van der Waals surface area (Å²) in [4.78, 5) is 16.8. The monoisotopic (exact) mass is 265 g/mol. The predicted octanol–water partition coefficient (Wildman–Crippen LogP) is 0.477. The Morgan fingerprint density at radius 2 is 2.16 bits per heavy atom. The third kappa shape index (κ3) is 2.45. The fraction of sp³-hybridized carbons (Fsp3) is 0.692. The van der Waals surface area contributed by atoms with Crippen molar-refractivity contribution in [3.8, 4) is 0 Å². The number of carbonyl (C=O) groups is 1. The first-order chi connectivity index (χ1) is 8.95. The zero-order valence-electron chi connectivity index (χ0n) is 12.2. The van der Waals surface area contributed by atoms with Gasteiger partial charge in [-0.2, -0.15) is 5.10 Å². The number of piperazine rings is 1. The molecule has 0 radical (unpaired) electrons. The maximum Gasteiger partial charge on any atom is 0.274 e. The van der Waals surface area contributed by atoms with Crippen molar-refractivity contribution >= 4 is 11.6 Å². The molecule has 0 saturated carbocycles. The zero-order chi connectivity index (χ0) is 14.2. The summed E-state index contributed by atoms with van der Waals surface area (Å²) in [6, 6.07) is 0.387. The second kappa shape index (κ2) is 5.21. The van der Waals surface area contributed by atoms with E-state index >= 15 is 0 Å². The molecule has 6 heteroatoms. The van der Waals surface area contributed by atoms with Crippen LogP contribution in [0, 0.1) is 6.92 Å². The summed E-state index contributed by atoms with van der Waals surface area (Å²) in [7, 11) is 1.77. The van der Waals surface area contributed by atoms with Gasteiger partial charge in [-0.25, -0.2) is 0 Å². The molecular weight excluding hydrogens is 242 g/mol. The Hall–Kier alpha value is -1.56. The first kappa shape index (κ1) is 13.9. The van der Waals surface area contributed by atoms with E-state index in [1.807, 2.05) is 11.8 Å². The summed E-state index contributed by atoms with van der Waals surface area (Å²) in [5.74, 6) is -0.0109. The summed E-state index contributed by atoms with van der Waals surface area (Å²) >= 11 is 0. The van der Waals surface area contributed by atoms with Crippen LogP contribution in [0.4, 0.5) is 5.69 Å². The van der Waals surface area contributed by atoms with Crippen LogP contribution in [0.5, 0.6) is 0 Å². The van der Waals surface area contributed by atoms with Gasteiger partial charge in [0.05, 0.1) is 11.4 Å². The van der Waals surface area contributed by atoms with Crippen molar-refractivity contribution in [2.75, 3.05) is 31.9 Å². The Bertz CT molecular complexity index is 482. The van der Waals surface area contributed by atoms with Gasteiger partial charge in [0.1, 0.15) is 5.69 Å². The minimum Gasteiger partial charge on any atom is -0.395 e. The minimum atomic E-state index is -0.0109. The molecule has 19 heavy (non-hydrogen) atoms. The van der Waals surface area contributed by atoms with Crippen molar-refractivity contribution in [1.82, 2.24) is 19.6 Å². The van der Waals surface area contributed by atoms with Gasteiger partial charge in [0.25, 0.3) is 5.91 Å². The van der Waals surface area contributed by atoms with Gasteiger partial charge in [-0.1, -0.05) is 6.92 Å². The molecule has 0 spiro atoms. The number of aromatic nitrogens is 2. The molecule has 2 rings (SSSR count). The van der Waals surface area contributed by atoms with Crippen molar-refractivity contribution in [3.63, 3.8) is 0 Å². The van der Waals surface area contributed by atoms with Gasteiger partial charge < -0.3 is 10.6 Å². The van der Waals surface area contributed by atoms with Crippen LogP contribution in [0.3, 0.4) is 0 Å². The Morgan fingerprint density at radius 3 is 2.63 bits per heavy atom. The number of amides is 1. The van der Waals surface area contributed by atoms with E-state index in [0.29, 0.717) is 23.1 Å². The van der Waals surface area contributed by atoms with Gasteiger partial charge in [-0.05, 0) is 20.4 Å². The Labute approximate surface area is 114 Å². The van der Waals surface area contributed by atoms with E-state index in [-0.39, 0.29) is 5.91 Å². The van der Waals surface area contributed by atoms with Crippen molar-refractivity contribution < 1.29 is 4.79 Å². The van der Waals surface area contributed by atoms with E-state index in [1.165, 1.54) is 0 Å². The first-order valence-electron chi connectivity index (χ1n) is 6.78. The van der Waals surface area contributed by atoms with Crippen molar-refractivity contribution in [2.45, 2.75) is 26.8 Å². The number of nitrogens with zero attached hydrogens (tertiary/aromatic N) is 4. The number of hydrogen-bond acceptors (Lipinski definition) is 4. The number of carbonyl (C=O) groups excluding carboxylic acids is 1. The standard InChI is InChI=1S/C13H23N5O/c1-5-17-6-7-18(8-9(17)2)13(19)12-11(14)10(3)15-16(12)4/h9H,5-8,14H2,1-4H3. The number of aryl methyl sites for hydroxylation is 2. The number of nitrogens with two attached hydrogens (primary N) is 1. The summed E-state index contributed by atoms with van der Waals surface area (Å²) < 4.78 is 1.59. The summed E-state index contributed by atoms with van der Waals surface area (Å²) in [6.07, 6.45) is 0. The van der Waals surface area contributed by atoms with Gasteiger partial charge in [0, 0.05) is 32.7 Å². The van der Waals surface area contributed by atoms with Gasteiger partial charge in [-0.15, -0.1) is 0 Å². The Morgan fingerprint density at radius 1 is 1.47 bits per heavy atom. The first-order valence-corrected chi connectivity index (χ1v) is 6.78. The lowest BCUT2D eigenvalue weighted by molar-refractivity contribution is 0.0519. The number of hydrogen-bond donors (Lipinski definition) is 1. The van der Waals surface area contributed by atoms with E-state index in [4.69, 9.17) is 5.73 Å². The second-order valence-electron chi connectivity index (χ2n) is 5.20. The second-order valence-corrected chi connectivity index (χ2v) is 5.20. The largest absolute Gasteiger partial charge is 0.395 e. The van der Waals surface area contributed by atoms with Gasteiger partial charge in [0.2, 0.25) is 0 Å². The lowest BCUT2D eigenvalue weighted by Crippen LogP contribution is -2.53. The van der Waals surface area contributed by atoms with E-state index in [0.717, 1.165) is 26.2 Å². The molecule has 1 saturated heterocycles. The van der Waals surface area contributed by atoms with Crippen LogP contribution in [-0.4, -0.2) is 57.7 Å². The molecule has 1 atom stereocenters. The van der Waals surface area contributed by atoms with Crippen molar-refractivity contribution in [3.05, 3.63) is 11.4 Å². The topological polar surface area (TPSA) is 67.4 Å². The molecule has 6 nitrogen and oxygen atoms in total. The molecule has 1 unspecified atom stereocenters. The molecule has 1 fully saturated rings. The third-order valence-corrected chi connectivity index (χ3v) is 3.93. The van der Waals surface area contributed by atoms with Gasteiger partial charge in [-0.3, -0.25) is 14.4 Å².